The maximum Gasteiger partial charge on any atom is 0.115 e. The summed E-state index contributed by atoms with van der Waals surface area (Å²) in [6.45, 7) is 6.53. The van der Waals surface area contributed by atoms with Crippen LogP contribution in [0.15, 0.2) is 6.33 Å². The Morgan fingerprint density at radius 1 is 1.31 bits per heavy atom. The molecule has 1 saturated carbocycles. The monoisotopic (exact) mass is 176 g/mol. The predicted molar refractivity (Wildman–Crippen MR) is 52.8 cm³/mol. The Morgan fingerprint density at radius 2 is 2.00 bits per heavy atom. The normalized spacial score (nSPS) is 16.6. The van der Waals surface area contributed by atoms with Gasteiger partial charge in [0.25, 0.3) is 0 Å². The van der Waals surface area contributed by atoms with E-state index in [9.17, 15) is 0 Å². The van der Waals surface area contributed by atoms with Crippen LogP contribution in [-0.4, -0.2) is 9.97 Å². The Kier molecular flexibility index (Phi) is 2.06. The number of rotatable bonds is 2. The van der Waals surface area contributed by atoms with E-state index in [-0.39, 0.29) is 0 Å². The summed E-state index contributed by atoms with van der Waals surface area (Å²) in [7, 11) is 0. The van der Waals surface area contributed by atoms with Gasteiger partial charge in [0.2, 0.25) is 0 Å². The van der Waals surface area contributed by atoms with E-state index < -0.39 is 0 Å². The highest BCUT2D eigenvalue weighted by atomic mass is 14.9. The van der Waals surface area contributed by atoms with Gasteiger partial charge in [0.1, 0.15) is 6.33 Å². The molecule has 0 aromatic carbocycles. The summed E-state index contributed by atoms with van der Waals surface area (Å²) >= 11 is 0. The molecular formula is C11H16N2. The molecule has 0 saturated heterocycles. The van der Waals surface area contributed by atoms with Crippen LogP contribution >= 0.6 is 0 Å². The first-order valence-corrected chi connectivity index (χ1v) is 5.01. The fourth-order valence-electron chi connectivity index (χ4n) is 1.83. The van der Waals surface area contributed by atoms with Gasteiger partial charge in [0.15, 0.2) is 0 Å². The van der Waals surface area contributed by atoms with Crippen molar-refractivity contribution >= 4 is 0 Å². The van der Waals surface area contributed by atoms with Crippen molar-refractivity contribution in [3.63, 3.8) is 0 Å². The van der Waals surface area contributed by atoms with Crippen molar-refractivity contribution in [2.24, 2.45) is 0 Å². The van der Waals surface area contributed by atoms with Gasteiger partial charge in [-0.05, 0) is 31.2 Å². The van der Waals surface area contributed by atoms with Gasteiger partial charge in [-0.2, -0.15) is 0 Å². The zero-order valence-electron chi connectivity index (χ0n) is 8.54. The molecule has 0 amide bonds. The van der Waals surface area contributed by atoms with Gasteiger partial charge in [0.05, 0.1) is 5.69 Å². The molecule has 1 aliphatic rings. The summed E-state index contributed by atoms with van der Waals surface area (Å²) < 4.78 is 0. The van der Waals surface area contributed by atoms with E-state index in [1.807, 2.05) is 0 Å². The van der Waals surface area contributed by atoms with Gasteiger partial charge in [0, 0.05) is 11.6 Å². The fraction of sp³-hybridized carbons (Fsp3) is 0.636. The molecule has 0 bridgehead atoms. The second-order valence-electron chi connectivity index (χ2n) is 4.20. The van der Waals surface area contributed by atoms with E-state index in [4.69, 9.17) is 0 Å². The zero-order valence-corrected chi connectivity index (χ0v) is 8.54. The lowest BCUT2D eigenvalue weighted by Gasteiger charge is -2.10. The van der Waals surface area contributed by atoms with Gasteiger partial charge < -0.3 is 0 Å². The van der Waals surface area contributed by atoms with Crippen molar-refractivity contribution in [1.82, 2.24) is 9.97 Å². The average molecular weight is 176 g/mol. The Balaban J connectivity index is 2.41. The minimum atomic E-state index is 0.514. The lowest BCUT2D eigenvalue weighted by Crippen LogP contribution is -2.02. The second kappa shape index (κ2) is 3.09. The highest BCUT2D eigenvalue weighted by Crippen LogP contribution is 2.41. The summed E-state index contributed by atoms with van der Waals surface area (Å²) in [6.07, 6.45) is 4.35. The highest BCUT2D eigenvalue weighted by molar-refractivity contribution is 5.30. The molecule has 1 aliphatic carbocycles. The molecule has 13 heavy (non-hydrogen) atoms. The van der Waals surface area contributed by atoms with Crippen LogP contribution in [0, 0.1) is 6.92 Å². The Hall–Kier alpha value is -0.920. The van der Waals surface area contributed by atoms with Crippen LogP contribution in [0.1, 0.15) is 55.5 Å². The largest absolute Gasteiger partial charge is 0.241 e. The number of aromatic nitrogens is 2. The Labute approximate surface area is 79.4 Å². The summed E-state index contributed by atoms with van der Waals surface area (Å²) in [5, 5.41) is 0. The third-order valence-corrected chi connectivity index (χ3v) is 2.67. The minimum Gasteiger partial charge on any atom is -0.241 e. The molecule has 1 aromatic heterocycles. The van der Waals surface area contributed by atoms with E-state index in [2.05, 4.69) is 30.7 Å². The maximum absolute atomic E-state index is 4.37. The highest BCUT2D eigenvalue weighted by Gasteiger charge is 2.27. The predicted octanol–water partition coefficient (Wildman–Crippen LogP) is 2.79. The van der Waals surface area contributed by atoms with Crippen molar-refractivity contribution in [3.05, 3.63) is 23.3 Å². The molecule has 2 rings (SSSR count). The first-order chi connectivity index (χ1) is 6.20. The van der Waals surface area contributed by atoms with Gasteiger partial charge in [-0.25, -0.2) is 9.97 Å². The second-order valence-corrected chi connectivity index (χ2v) is 4.20. The molecule has 0 aliphatic heterocycles. The lowest BCUT2D eigenvalue weighted by molar-refractivity contribution is 0.785. The molecular weight excluding hydrogens is 160 g/mol. The molecule has 1 aromatic rings. The Morgan fingerprint density at radius 3 is 2.54 bits per heavy atom. The topological polar surface area (TPSA) is 25.8 Å². The van der Waals surface area contributed by atoms with Crippen molar-refractivity contribution in [2.45, 2.75) is 45.4 Å². The first kappa shape index (κ1) is 8.67. The summed E-state index contributed by atoms with van der Waals surface area (Å²) in [5.41, 5.74) is 3.83. The third-order valence-electron chi connectivity index (χ3n) is 2.67. The van der Waals surface area contributed by atoms with Gasteiger partial charge in [-0.1, -0.05) is 13.8 Å². The molecule has 70 valence electrons. The van der Waals surface area contributed by atoms with Gasteiger partial charge >= 0.3 is 0 Å². The molecule has 1 heterocycles. The van der Waals surface area contributed by atoms with Crippen molar-refractivity contribution in [3.8, 4) is 0 Å². The van der Waals surface area contributed by atoms with Gasteiger partial charge in [-0.15, -0.1) is 0 Å². The van der Waals surface area contributed by atoms with Crippen molar-refractivity contribution in [1.29, 1.82) is 0 Å². The minimum absolute atomic E-state index is 0.514. The lowest BCUT2D eigenvalue weighted by atomic mass is 10.0. The van der Waals surface area contributed by atoms with Crippen LogP contribution in [0.5, 0.6) is 0 Å². The van der Waals surface area contributed by atoms with E-state index in [0.717, 1.165) is 5.92 Å². The summed E-state index contributed by atoms with van der Waals surface area (Å²) in [5.74, 6) is 1.25. The fourth-order valence-corrected chi connectivity index (χ4v) is 1.83. The van der Waals surface area contributed by atoms with E-state index in [1.54, 1.807) is 6.33 Å². The van der Waals surface area contributed by atoms with Crippen LogP contribution in [-0.2, 0) is 0 Å². The maximum atomic E-state index is 4.37. The molecule has 0 spiro atoms. The SMILES string of the molecule is Cc1c(C(C)C)ncnc1C1CC1. The van der Waals surface area contributed by atoms with E-state index >= 15 is 0 Å². The summed E-state index contributed by atoms with van der Waals surface area (Å²) in [4.78, 5) is 8.71. The van der Waals surface area contributed by atoms with Crippen LogP contribution in [0.25, 0.3) is 0 Å². The number of hydrogen-bond acceptors (Lipinski definition) is 2. The van der Waals surface area contributed by atoms with Crippen molar-refractivity contribution < 1.29 is 0 Å². The van der Waals surface area contributed by atoms with Crippen molar-refractivity contribution in [2.75, 3.05) is 0 Å². The molecule has 1 fully saturated rings. The molecule has 0 unspecified atom stereocenters. The average Bonchev–Trinajstić information content (AvgIpc) is 2.87. The molecule has 0 N–H and O–H groups in total. The van der Waals surface area contributed by atoms with Crippen LogP contribution < -0.4 is 0 Å². The van der Waals surface area contributed by atoms with E-state index in [1.165, 1.54) is 29.8 Å². The molecule has 0 radical (unpaired) electrons. The number of hydrogen-bond donors (Lipinski definition) is 0. The smallest absolute Gasteiger partial charge is 0.115 e. The molecule has 2 heteroatoms. The third kappa shape index (κ3) is 1.58. The molecule has 0 atom stereocenters. The van der Waals surface area contributed by atoms with Crippen LogP contribution in [0.2, 0.25) is 0 Å². The van der Waals surface area contributed by atoms with Crippen LogP contribution in [0.3, 0.4) is 0 Å². The quantitative estimate of drug-likeness (QED) is 0.692. The number of nitrogens with zero attached hydrogens (tertiary/aromatic N) is 2. The van der Waals surface area contributed by atoms with Gasteiger partial charge in [-0.3, -0.25) is 0 Å². The standard InChI is InChI=1S/C11H16N2/c1-7(2)10-8(3)11(9-4-5-9)13-6-12-10/h6-7,9H,4-5H2,1-3H3. The zero-order chi connectivity index (χ0) is 9.42. The molecule has 2 nitrogen and oxygen atoms in total. The Bertz CT molecular complexity index is 294. The summed E-state index contributed by atoms with van der Waals surface area (Å²) in [6, 6.07) is 0. The van der Waals surface area contributed by atoms with Crippen LogP contribution in [0.4, 0.5) is 0 Å². The van der Waals surface area contributed by atoms with E-state index in [0.29, 0.717) is 5.92 Å². The first-order valence-electron chi connectivity index (χ1n) is 5.01.